The first kappa shape index (κ1) is 7.74. The van der Waals surface area contributed by atoms with Crippen molar-refractivity contribution in [2.75, 3.05) is 11.9 Å². The van der Waals surface area contributed by atoms with E-state index in [-0.39, 0.29) is 7.53 Å². The number of anilines is 1. The van der Waals surface area contributed by atoms with Crippen molar-refractivity contribution in [3.8, 4) is 5.75 Å². The van der Waals surface area contributed by atoms with Gasteiger partial charge >= 0.3 is 0 Å². The third kappa shape index (κ3) is 1.34. The van der Waals surface area contributed by atoms with Crippen molar-refractivity contribution in [2.45, 2.75) is 13.0 Å². The second kappa shape index (κ2) is 2.87. The third-order valence-corrected chi connectivity index (χ3v) is 2.08. The summed E-state index contributed by atoms with van der Waals surface area (Å²) >= 11 is 5.82. The fourth-order valence-corrected chi connectivity index (χ4v) is 1.43. The molecule has 66 valence electrons. The lowest BCUT2D eigenvalue weighted by molar-refractivity contribution is 0.226. The van der Waals surface area contributed by atoms with E-state index in [0.29, 0.717) is 0 Å². The van der Waals surface area contributed by atoms with E-state index < -0.39 is 0 Å². The topological polar surface area (TPSA) is 21.3 Å². The molecular formula is C9H12ClNO. The summed E-state index contributed by atoms with van der Waals surface area (Å²) in [5.74, 6) is 0.887. The number of nitrogens with one attached hydrogen (secondary N) is 1. The monoisotopic (exact) mass is 185 g/mol. The molecule has 1 aliphatic rings. The van der Waals surface area contributed by atoms with Crippen LogP contribution in [0.5, 0.6) is 5.75 Å². The molecule has 0 bridgehead atoms. The van der Waals surface area contributed by atoms with E-state index in [0.717, 1.165) is 23.0 Å². The molecule has 0 fully saturated rings. The van der Waals surface area contributed by atoms with Gasteiger partial charge in [-0.2, -0.15) is 0 Å². The van der Waals surface area contributed by atoms with Gasteiger partial charge in [0.25, 0.3) is 0 Å². The number of benzene rings is 1. The maximum Gasteiger partial charge on any atom is 0.142 e. The predicted octanol–water partition coefficient (Wildman–Crippen LogP) is 2.78. The molecule has 0 aliphatic carbocycles. The number of halogens is 1. The molecule has 1 heterocycles. The lowest BCUT2D eigenvalue weighted by atomic mass is 10.2. The van der Waals surface area contributed by atoms with Gasteiger partial charge in [0.1, 0.15) is 11.9 Å². The number of rotatable bonds is 0. The molecule has 0 amide bonds. The minimum Gasteiger partial charge on any atom is -0.487 e. The molecule has 1 unspecified atom stereocenters. The van der Waals surface area contributed by atoms with Crippen molar-refractivity contribution in [3.05, 3.63) is 23.2 Å². The van der Waals surface area contributed by atoms with Crippen LogP contribution in [-0.4, -0.2) is 12.6 Å². The summed E-state index contributed by atoms with van der Waals surface area (Å²) in [7, 11) is 0. The van der Waals surface area contributed by atoms with Crippen LogP contribution in [-0.2, 0) is 0 Å². The van der Waals surface area contributed by atoms with Crippen LogP contribution in [0.25, 0.3) is 0 Å². The number of fused-ring (bicyclic) bond motifs is 1. The van der Waals surface area contributed by atoms with Crippen LogP contribution in [0.1, 0.15) is 8.35 Å². The van der Waals surface area contributed by atoms with Crippen LogP contribution >= 0.6 is 11.6 Å². The highest BCUT2D eigenvalue weighted by atomic mass is 35.5. The average molecular weight is 186 g/mol. The lowest BCUT2D eigenvalue weighted by Crippen LogP contribution is -2.27. The first-order chi connectivity index (χ1) is 5.75. The normalized spacial score (nSPS) is 20.7. The first-order valence-electron chi connectivity index (χ1n) is 3.96. The molecular weight excluding hydrogens is 174 g/mol. The van der Waals surface area contributed by atoms with Crippen molar-refractivity contribution < 1.29 is 6.16 Å². The molecule has 2 nitrogen and oxygen atoms in total. The van der Waals surface area contributed by atoms with Gasteiger partial charge in [0, 0.05) is 6.45 Å². The van der Waals surface area contributed by atoms with Crippen molar-refractivity contribution in [1.29, 1.82) is 0 Å². The zero-order valence-corrected chi connectivity index (χ0v) is 7.56. The van der Waals surface area contributed by atoms with Gasteiger partial charge in [-0.05, 0) is 25.1 Å². The fraction of sp³-hybridized carbons (Fsp3) is 0.333. The highest BCUT2D eigenvalue weighted by Crippen LogP contribution is 2.31. The molecule has 12 heavy (non-hydrogen) atoms. The second-order valence-electron chi connectivity index (χ2n) is 2.95. The molecule has 1 atom stereocenters. The van der Waals surface area contributed by atoms with Gasteiger partial charge in [0.05, 0.1) is 12.2 Å². The molecule has 1 aliphatic heterocycles. The number of ether oxygens (including phenoxy) is 1. The van der Waals surface area contributed by atoms with Gasteiger partial charge < -0.3 is 10.1 Å². The van der Waals surface area contributed by atoms with Crippen molar-refractivity contribution in [3.63, 3.8) is 0 Å². The van der Waals surface area contributed by atoms with Gasteiger partial charge in [0.15, 0.2) is 0 Å². The van der Waals surface area contributed by atoms with E-state index in [1.807, 2.05) is 25.1 Å². The van der Waals surface area contributed by atoms with Crippen LogP contribution in [0.15, 0.2) is 18.2 Å². The van der Waals surface area contributed by atoms with E-state index in [9.17, 15) is 0 Å². The van der Waals surface area contributed by atoms with Crippen molar-refractivity contribution >= 4 is 17.3 Å². The summed E-state index contributed by atoms with van der Waals surface area (Å²) in [6, 6.07) is 5.60. The number of hydrogen-bond donors (Lipinski definition) is 1. The van der Waals surface area contributed by atoms with Gasteiger partial charge in [-0.3, -0.25) is 0 Å². The number of hydrogen-bond acceptors (Lipinski definition) is 2. The Morgan fingerprint density at radius 2 is 2.50 bits per heavy atom. The lowest BCUT2D eigenvalue weighted by Gasteiger charge is -2.24. The van der Waals surface area contributed by atoms with Gasteiger partial charge in [-0.25, -0.2) is 0 Å². The minimum atomic E-state index is 0. The van der Waals surface area contributed by atoms with E-state index in [4.69, 9.17) is 16.3 Å². The zero-order valence-electron chi connectivity index (χ0n) is 6.80. The van der Waals surface area contributed by atoms with Crippen LogP contribution in [0.4, 0.5) is 5.69 Å². The Hall–Kier alpha value is -0.890. The summed E-state index contributed by atoms with van der Waals surface area (Å²) in [5, 5.41) is 3.98. The standard InChI is InChI=1S/C9H10ClNO.H2/c1-6-5-11-8-4-7(10)2-3-9(8)12-6;/h2-4,6,11H,5H2,1H3;1H. The molecule has 2 rings (SSSR count). The SMILES string of the molecule is CC1CNc2cc(Cl)ccc2O1.[HH]. The van der Waals surface area contributed by atoms with Gasteiger partial charge in [-0.1, -0.05) is 11.6 Å². The van der Waals surface area contributed by atoms with E-state index in [1.54, 1.807) is 0 Å². The van der Waals surface area contributed by atoms with Crippen LogP contribution in [0.2, 0.25) is 5.02 Å². The Morgan fingerprint density at radius 3 is 3.33 bits per heavy atom. The molecule has 0 spiro atoms. The molecule has 0 saturated heterocycles. The van der Waals surface area contributed by atoms with E-state index in [1.165, 1.54) is 0 Å². The maximum absolute atomic E-state index is 5.82. The Labute approximate surface area is 78.0 Å². The smallest absolute Gasteiger partial charge is 0.142 e. The van der Waals surface area contributed by atoms with Crippen LogP contribution < -0.4 is 10.1 Å². The summed E-state index contributed by atoms with van der Waals surface area (Å²) in [6.45, 7) is 2.87. The van der Waals surface area contributed by atoms with Crippen LogP contribution in [0, 0.1) is 0 Å². The van der Waals surface area contributed by atoms with Gasteiger partial charge in [0.2, 0.25) is 0 Å². The highest BCUT2D eigenvalue weighted by molar-refractivity contribution is 6.30. The summed E-state index contributed by atoms with van der Waals surface area (Å²) in [5.41, 5.74) is 0.987. The second-order valence-corrected chi connectivity index (χ2v) is 3.39. The Morgan fingerprint density at radius 1 is 1.67 bits per heavy atom. The summed E-state index contributed by atoms with van der Waals surface area (Å²) in [4.78, 5) is 0. The molecule has 0 radical (unpaired) electrons. The first-order valence-corrected chi connectivity index (χ1v) is 4.33. The maximum atomic E-state index is 5.82. The molecule has 0 aromatic heterocycles. The highest BCUT2D eigenvalue weighted by Gasteiger charge is 2.14. The molecule has 1 N–H and O–H groups in total. The molecule has 0 saturated carbocycles. The Bertz CT molecular complexity index is 306. The van der Waals surface area contributed by atoms with Crippen molar-refractivity contribution in [1.82, 2.24) is 0 Å². The zero-order chi connectivity index (χ0) is 8.55. The molecule has 1 aromatic carbocycles. The summed E-state index contributed by atoms with van der Waals surface area (Å²) < 4.78 is 5.57. The van der Waals surface area contributed by atoms with Gasteiger partial charge in [-0.15, -0.1) is 0 Å². The minimum absolute atomic E-state index is 0. The predicted molar refractivity (Wildman–Crippen MR) is 52.1 cm³/mol. The van der Waals surface area contributed by atoms with E-state index in [2.05, 4.69) is 5.32 Å². The van der Waals surface area contributed by atoms with Crippen LogP contribution in [0.3, 0.4) is 0 Å². The third-order valence-electron chi connectivity index (χ3n) is 1.85. The largest absolute Gasteiger partial charge is 0.487 e. The Balaban J connectivity index is 0.000000845. The molecule has 1 aromatic rings. The fourth-order valence-electron chi connectivity index (χ4n) is 1.26. The van der Waals surface area contributed by atoms with E-state index >= 15 is 0 Å². The molecule has 3 heteroatoms. The van der Waals surface area contributed by atoms with Crippen molar-refractivity contribution in [2.24, 2.45) is 0 Å². The average Bonchev–Trinajstić information content (AvgIpc) is 2.05. The quantitative estimate of drug-likeness (QED) is 0.671. The summed E-state index contributed by atoms with van der Waals surface area (Å²) in [6.07, 6.45) is 0.235. The Kier molecular flexibility index (Phi) is 1.85.